The lowest BCUT2D eigenvalue weighted by Crippen LogP contribution is -2.46. The van der Waals surface area contributed by atoms with Crippen LogP contribution in [0.2, 0.25) is 0 Å². The van der Waals surface area contributed by atoms with Gasteiger partial charge in [-0.05, 0) is 19.8 Å². The molecule has 0 bridgehead atoms. The van der Waals surface area contributed by atoms with Crippen LogP contribution in [0.5, 0.6) is 0 Å². The maximum atomic E-state index is 11.1. The minimum Gasteiger partial charge on any atom is -0.381 e. The average Bonchev–Trinajstić information content (AvgIpc) is 2.16. The molecule has 2 unspecified atom stereocenters. The minimum absolute atomic E-state index is 0.0878. The monoisotopic (exact) mass is 256 g/mol. The normalized spacial score (nSPS) is 27.3. The molecule has 0 N–H and O–H groups in total. The minimum atomic E-state index is -3.55. The van der Waals surface area contributed by atoms with Crippen molar-refractivity contribution in [3.63, 3.8) is 0 Å². The van der Waals surface area contributed by atoms with Gasteiger partial charge in [-0.15, -0.1) is 0 Å². The Balaban J connectivity index is 2.73. The van der Waals surface area contributed by atoms with E-state index in [1.165, 1.54) is 7.11 Å². The molecule has 0 radical (unpaired) electrons. The molecule has 1 rings (SSSR count). The number of ether oxygens (including phenoxy) is 2. The van der Waals surface area contributed by atoms with E-state index in [0.717, 1.165) is 19.4 Å². The SMILES string of the molecule is COC(C)(CS(=O)(=O)Cl)C1CCCOC1. The predicted molar refractivity (Wildman–Crippen MR) is 58.6 cm³/mol. The van der Waals surface area contributed by atoms with Gasteiger partial charge >= 0.3 is 0 Å². The molecule has 6 heteroatoms. The van der Waals surface area contributed by atoms with Crippen LogP contribution >= 0.6 is 10.7 Å². The highest BCUT2D eigenvalue weighted by atomic mass is 35.7. The Morgan fingerprint density at radius 3 is 2.67 bits per heavy atom. The van der Waals surface area contributed by atoms with E-state index in [-0.39, 0.29) is 11.7 Å². The van der Waals surface area contributed by atoms with Gasteiger partial charge in [-0.2, -0.15) is 0 Å². The summed E-state index contributed by atoms with van der Waals surface area (Å²) in [5.41, 5.74) is -0.749. The van der Waals surface area contributed by atoms with Gasteiger partial charge in [0.15, 0.2) is 0 Å². The van der Waals surface area contributed by atoms with Crippen molar-refractivity contribution in [3.05, 3.63) is 0 Å². The van der Waals surface area contributed by atoms with Crippen LogP contribution < -0.4 is 0 Å². The summed E-state index contributed by atoms with van der Waals surface area (Å²) in [5, 5.41) is 0. The molecule has 0 spiro atoms. The maximum absolute atomic E-state index is 11.1. The zero-order valence-corrected chi connectivity index (χ0v) is 10.6. The van der Waals surface area contributed by atoms with E-state index in [0.29, 0.717) is 6.61 Å². The van der Waals surface area contributed by atoms with Crippen molar-refractivity contribution in [3.8, 4) is 0 Å². The highest BCUT2D eigenvalue weighted by molar-refractivity contribution is 8.13. The van der Waals surface area contributed by atoms with Gasteiger partial charge < -0.3 is 9.47 Å². The Morgan fingerprint density at radius 2 is 2.27 bits per heavy atom. The first-order valence-corrected chi connectivity index (χ1v) is 7.40. The average molecular weight is 257 g/mol. The molecule has 0 amide bonds. The van der Waals surface area contributed by atoms with Crippen LogP contribution in [0.15, 0.2) is 0 Å². The Morgan fingerprint density at radius 1 is 1.60 bits per heavy atom. The fourth-order valence-corrected chi connectivity index (χ4v) is 3.60. The molecule has 0 saturated carbocycles. The molecule has 15 heavy (non-hydrogen) atoms. The number of methoxy groups -OCH3 is 1. The van der Waals surface area contributed by atoms with Crippen LogP contribution in [0.1, 0.15) is 19.8 Å². The van der Waals surface area contributed by atoms with Crippen molar-refractivity contribution in [2.45, 2.75) is 25.4 Å². The van der Waals surface area contributed by atoms with E-state index >= 15 is 0 Å². The molecule has 2 atom stereocenters. The van der Waals surface area contributed by atoms with Crippen molar-refractivity contribution in [2.24, 2.45) is 5.92 Å². The van der Waals surface area contributed by atoms with Gasteiger partial charge in [0.1, 0.15) is 0 Å². The zero-order valence-electron chi connectivity index (χ0n) is 9.03. The molecule has 0 aromatic rings. The highest BCUT2D eigenvalue weighted by Gasteiger charge is 2.39. The smallest absolute Gasteiger partial charge is 0.235 e. The van der Waals surface area contributed by atoms with Crippen LogP contribution in [-0.4, -0.2) is 40.1 Å². The van der Waals surface area contributed by atoms with E-state index in [1.807, 2.05) is 0 Å². The van der Waals surface area contributed by atoms with Crippen LogP contribution in [0.4, 0.5) is 0 Å². The van der Waals surface area contributed by atoms with E-state index in [9.17, 15) is 8.42 Å². The molecule has 1 aliphatic heterocycles. The summed E-state index contributed by atoms with van der Waals surface area (Å²) in [6.45, 7) is 3.05. The molecule has 0 aromatic carbocycles. The summed E-state index contributed by atoms with van der Waals surface area (Å²) in [5.74, 6) is -0.0868. The molecule has 0 aliphatic carbocycles. The van der Waals surface area contributed by atoms with Gasteiger partial charge in [0.05, 0.1) is 18.0 Å². The molecule has 1 fully saturated rings. The molecule has 1 saturated heterocycles. The van der Waals surface area contributed by atoms with E-state index in [4.69, 9.17) is 20.2 Å². The lowest BCUT2D eigenvalue weighted by atomic mass is 9.86. The third-order valence-electron chi connectivity index (χ3n) is 2.95. The second-order valence-electron chi connectivity index (χ2n) is 4.11. The van der Waals surface area contributed by atoms with E-state index in [2.05, 4.69) is 0 Å². The molecule has 4 nitrogen and oxygen atoms in total. The number of rotatable bonds is 4. The van der Waals surface area contributed by atoms with Crippen LogP contribution in [0, 0.1) is 5.92 Å². The molecular formula is C9H17ClO4S. The lowest BCUT2D eigenvalue weighted by molar-refractivity contribution is -0.0784. The predicted octanol–water partition coefficient (Wildman–Crippen LogP) is 1.39. The Labute approximate surface area is 95.3 Å². The summed E-state index contributed by atoms with van der Waals surface area (Å²) in [7, 11) is 3.23. The third-order valence-corrected chi connectivity index (χ3v) is 4.19. The standard InChI is InChI=1S/C9H17ClO4S/c1-9(13-2,7-15(10,11)12)8-4-3-5-14-6-8/h8H,3-7H2,1-2H3. The summed E-state index contributed by atoms with van der Waals surface area (Å²) < 4.78 is 32.8. The summed E-state index contributed by atoms with van der Waals surface area (Å²) in [4.78, 5) is 0. The third kappa shape index (κ3) is 3.90. The summed E-state index contributed by atoms with van der Waals surface area (Å²) in [6, 6.07) is 0. The summed E-state index contributed by atoms with van der Waals surface area (Å²) >= 11 is 0. The Kier molecular flexibility index (Phi) is 4.40. The fraction of sp³-hybridized carbons (Fsp3) is 1.00. The lowest BCUT2D eigenvalue weighted by Gasteiger charge is -2.37. The first-order valence-electron chi connectivity index (χ1n) is 4.92. The van der Waals surface area contributed by atoms with Gasteiger partial charge in [-0.1, -0.05) is 0 Å². The molecular weight excluding hydrogens is 240 g/mol. The Hall–Kier alpha value is 0.160. The second kappa shape index (κ2) is 4.99. The zero-order chi connectivity index (χ0) is 11.5. The highest BCUT2D eigenvalue weighted by Crippen LogP contribution is 2.30. The first kappa shape index (κ1) is 13.2. The van der Waals surface area contributed by atoms with Crippen molar-refractivity contribution in [2.75, 3.05) is 26.1 Å². The van der Waals surface area contributed by atoms with Gasteiger partial charge in [-0.25, -0.2) is 8.42 Å². The molecule has 1 aliphatic rings. The second-order valence-corrected chi connectivity index (χ2v) is 6.89. The van der Waals surface area contributed by atoms with Crippen LogP contribution in [-0.2, 0) is 18.5 Å². The van der Waals surface area contributed by atoms with Gasteiger partial charge in [0.25, 0.3) is 0 Å². The maximum Gasteiger partial charge on any atom is 0.235 e. The fourth-order valence-electron chi connectivity index (χ4n) is 1.91. The van der Waals surface area contributed by atoms with Crippen molar-refractivity contribution < 1.29 is 17.9 Å². The molecule has 0 aromatic heterocycles. The quantitative estimate of drug-likeness (QED) is 0.714. The first-order chi connectivity index (χ1) is 6.87. The van der Waals surface area contributed by atoms with Crippen LogP contribution in [0.25, 0.3) is 0 Å². The van der Waals surface area contributed by atoms with E-state index < -0.39 is 14.7 Å². The van der Waals surface area contributed by atoms with E-state index in [1.54, 1.807) is 6.92 Å². The van der Waals surface area contributed by atoms with Crippen molar-refractivity contribution in [1.82, 2.24) is 0 Å². The number of hydrogen-bond acceptors (Lipinski definition) is 4. The Bertz CT molecular complexity index is 297. The van der Waals surface area contributed by atoms with Gasteiger partial charge in [-0.3, -0.25) is 0 Å². The largest absolute Gasteiger partial charge is 0.381 e. The van der Waals surface area contributed by atoms with Gasteiger partial charge in [0, 0.05) is 30.3 Å². The topological polar surface area (TPSA) is 52.6 Å². The molecule has 1 heterocycles. The van der Waals surface area contributed by atoms with Crippen LogP contribution in [0.3, 0.4) is 0 Å². The van der Waals surface area contributed by atoms with Crippen molar-refractivity contribution >= 4 is 19.7 Å². The number of halogens is 1. The van der Waals surface area contributed by atoms with Gasteiger partial charge in [0.2, 0.25) is 9.05 Å². The van der Waals surface area contributed by atoms with Crippen molar-refractivity contribution in [1.29, 1.82) is 0 Å². The molecule has 90 valence electrons. The summed E-state index contributed by atoms with van der Waals surface area (Å²) in [6.07, 6.45) is 1.85. The number of hydrogen-bond donors (Lipinski definition) is 0.